The zero-order chi connectivity index (χ0) is 13.9. The average Bonchev–Trinajstić information content (AvgIpc) is 2.97. The van der Waals surface area contributed by atoms with Gasteiger partial charge in [-0.3, -0.25) is 0 Å². The van der Waals surface area contributed by atoms with Crippen LogP contribution in [0, 0.1) is 0 Å². The molecule has 0 saturated carbocycles. The summed E-state index contributed by atoms with van der Waals surface area (Å²) in [5.74, 6) is 3.46. The number of fused-ring (bicyclic) bond motifs is 1. The lowest BCUT2D eigenvalue weighted by Gasteiger charge is -2.31. The maximum absolute atomic E-state index is 5.95. The Balaban J connectivity index is 1.94. The van der Waals surface area contributed by atoms with Gasteiger partial charge in [0.05, 0.1) is 12.6 Å². The number of hydrogen-bond donors (Lipinski definition) is 1. The molecular formula is C17H21NO2. The van der Waals surface area contributed by atoms with Gasteiger partial charge in [-0.25, -0.2) is 0 Å². The molecule has 20 heavy (non-hydrogen) atoms. The number of rotatable bonds is 4. The number of benzene rings is 1. The fourth-order valence-corrected chi connectivity index (χ4v) is 3.01. The van der Waals surface area contributed by atoms with E-state index in [0.717, 1.165) is 36.7 Å². The lowest BCUT2D eigenvalue weighted by Crippen LogP contribution is -2.27. The van der Waals surface area contributed by atoms with Gasteiger partial charge in [-0.2, -0.15) is 0 Å². The van der Waals surface area contributed by atoms with Gasteiger partial charge in [0.1, 0.15) is 17.3 Å². The predicted molar refractivity (Wildman–Crippen MR) is 79.2 cm³/mol. The number of ether oxygens (including phenoxy) is 1. The molecule has 1 aromatic carbocycles. The summed E-state index contributed by atoms with van der Waals surface area (Å²) >= 11 is 0. The van der Waals surface area contributed by atoms with Crippen LogP contribution >= 0.6 is 0 Å². The molecule has 0 saturated heterocycles. The molecule has 0 fully saturated rings. The van der Waals surface area contributed by atoms with Crippen molar-refractivity contribution in [2.75, 3.05) is 13.7 Å². The minimum absolute atomic E-state index is 0.195. The molecule has 1 aliphatic rings. The summed E-state index contributed by atoms with van der Waals surface area (Å²) in [6.45, 7) is 2.88. The molecule has 2 atom stereocenters. The Morgan fingerprint density at radius 2 is 2.10 bits per heavy atom. The topological polar surface area (TPSA) is 34.4 Å². The van der Waals surface area contributed by atoms with Gasteiger partial charge >= 0.3 is 0 Å². The number of nitrogens with one attached hydrogen (secondary N) is 1. The number of aryl methyl sites for hydroxylation is 1. The molecule has 3 nitrogen and oxygen atoms in total. The summed E-state index contributed by atoms with van der Waals surface area (Å²) in [6.07, 6.45) is 1.94. The molecule has 1 aliphatic heterocycles. The maximum atomic E-state index is 5.95. The van der Waals surface area contributed by atoms with Crippen LogP contribution in [0.3, 0.4) is 0 Å². The van der Waals surface area contributed by atoms with Crippen LogP contribution in [0.5, 0.6) is 5.75 Å². The van der Waals surface area contributed by atoms with E-state index < -0.39 is 0 Å². The van der Waals surface area contributed by atoms with E-state index in [0.29, 0.717) is 5.92 Å². The first-order valence-electron chi connectivity index (χ1n) is 7.31. The summed E-state index contributed by atoms with van der Waals surface area (Å²) in [7, 11) is 2.00. The van der Waals surface area contributed by atoms with Crippen molar-refractivity contribution < 1.29 is 9.15 Å². The van der Waals surface area contributed by atoms with Crippen LogP contribution in [-0.4, -0.2) is 13.7 Å². The zero-order valence-electron chi connectivity index (χ0n) is 12.1. The van der Waals surface area contributed by atoms with Gasteiger partial charge < -0.3 is 14.5 Å². The van der Waals surface area contributed by atoms with Gasteiger partial charge in [0, 0.05) is 12.3 Å². The van der Waals surface area contributed by atoms with Gasteiger partial charge in [-0.15, -0.1) is 0 Å². The van der Waals surface area contributed by atoms with Gasteiger partial charge in [-0.05, 0) is 37.2 Å². The van der Waals surface area contributed by atoms with Crippen LogP contribution in [0.1, 0.15) is 42.4 Å². The van der Waals surface area contributed by atoms with Crippen LogP contribution in [0.15, 0.2) is 40.8 Å². The van der Waals surface area contributed by atoms with E-state index in [1.54, 1.807) is 0 Å². The first-order chi connectivity index (χ1) is 9.83. The molecule has 2 unspecified atom stereocenters. The zero-order valence-corrected chi connectivity index (χ0v) is 12.1. The maximum Gasteiger partial charge on any atom is 0.122 e. The number of furan rings is 1. The third-order valence-corrected chi connectivity index (χ3v) is 4.06. The van der Waals surface area contributed by atoms with E-state index >= 15 is 0 Å². The van der Waals surface area contributed by atoms with Crippen molar-refractivity contribution in [2.45, 2.75) is 31.7 Å². The Morgan fingerprint density at radius 3 is 2.85 bits per heavy atom. The lowest BCUT2D eigenvalue weighted by molar-refractivity contribution is 0.238. The highest BCUT2D eigenvalue weighted by Gasteiger charge is 2.30. The first kappa shape index (κ1) is 13.3. The molecule has 0 bridgehead atoms. The van der Waals surface area contributed by atoms with E-state index in [1.165, 1.54) is 5.56 Å². The Morgan fingerprint density at radius 1 is 1.25 bits per heavy atom. The van der Waals surface area contributed by atoms with E-state index in [9.17, 15) is 0 Å². The average molecular weight is 271 g/mol. The summed E-state index contributed by atoms with van der Waals surface area (Å²) in [6, 6.07) is 12.7. The fourth-order valence-electron chi connectivity index (χ4n) is 3.01. The van der Waals surface area contributed by atoms with Crippen molar-refractivity contribution in [3.05, 3.63) is 53.5 Å². The number of likely N-dealkylation sites (N-methyl/N-ethyl adjacent to an activating group) is 1. The number of hydrogen-bond acceptors (Lipinski definition) is 3. The second-order valence-electron chi connectivity index (χ2n) is 5.21. The fraction of sp³-hybridized carbons (Fsp3) is 0.412. The largest absolute Gasteiger partial charge is 0.493 e. The Bertz CT molecular complexity index is 576. The van der Waals surface area contributed by atoms with Crippen molar-refractivity contribution in [2.24, 2.45) is 0 Å². The quantitative estimate of drug-likeness (QED) is 0.921. The molecule has 0 spiro atoms. The standard InChI is InChI=1S/C17H21NO2/c1-3-12-8-9-16(20-12)17(18-2)14-10-11-19-15-7-5-4-6-13(14)15/h4-9,14,17-18H,3,10-11H2,1-2H3. The van der Waals surface area contributed by atoms with Crippen LogP contribution in [0.25, 0.3) is 0 Å². The van der Waals surface area contributed by atoms with E-state index in [2.05, 4.69) is 36.5 Å². The summed E-state index contributed by atoms with van der Waals surface area (Å²) in [5, 5.41) is 3.42. The van der Waals surface area contributed by atoms with Gasteiger partial charge in [0.15, 0.2) is 0 Å². The second-order valence-corrected chi connectivity index (χ2v) is 5.21. The minimum Gasteiger partial charge on any atom is -0.493 e. The third-order valence-electron chi connectivity index (χ3n) is 4.06. The summed E-state index contributed by atoms with van der Waals surface area (Å²) < 4.78 is 11.7. The van der Waals surface area contributed by atoms with Gasteiger partial charge in [-0.1, -0.05) is 25.1 Å². The van der Waals surface area contributed by atoms with E-state index in [-0.39, 0.29) is 6.04 Å². The van der Waals surface area contributed by atoms with Crippen molar-refractivity contribution >= 4 is 0 Å². The van der Waals surface area contributed by atoms with Crippen molar-refractivity contribution in [3.8, 4) is 5.75 Å². The summed E-state index contributed by atoms with van der Waals surface area (Å²) in [4.78, 5) is 0. The van der Waals surface area contributed by atoms with Crippen molar-refractivity contribution in [1.82, 2.24) is 5.32 Å². The lowest BCUT2D eigenvalue weighted by atomic mass is 9.85. The Kier molecular flexibility index (Phi) is 3.79. The monoisotopic (exact) mass is 271 g/mol. The van der Waals surface area contributed by atoms with Crippen molar-refractivity contribution in [3.63, 3.8) is 0 Å². The molecule has 106 valence electrons. The van der Waals surface area contributed by atoms with Crippen LogP contribution in [0.4, 0.5) is 0 Å². The highest BCUT2D eigenvalue weighted by Crippen LogP contribution is 2.41. The first-order valence-corrected chi connectivity index (χ1v) is 7.31. The molecule has 2 aromatic rings. The van der Waals surface area contributed by atoms with Crippen LogP contribution in [-0.2, 0) is 6.42 Å². The molecule has 2 heterocycles. The molecule has 1 aromatic heterocycles. The molecule has 3 heteroatoms. The summed E-state index contributed by atoms with van der Waals surface area (Å²) in [5.41, 5.74) is 1.27. The van der Waals surface area contributed by atoms with Gasteiger partial charge in [0.25, 0.3) is 0 Å². The number of para-hydroxylation sites is 1. The van der Waals surface area contributed by atoms with E-state index in [1.807, 2.05) is 19.2 Å². The van der Waals surface area contributed by atoms with Crippen LogP contribution in [0.2, 0.25) is 0 Å². The highest BCUT2D eigenvalue weighted by atomic mass is 16.5. The second kappa shape index (κ2) is 5.71. The Hall–Kier alpha value is -1.74. The van der Waals surface area contributed by atoms with E-state index in [4.69, 9.17) is 9.15 Å². The Labute approximate surface area is 119 Å². The SMILES string of the molecule is CCc1ccc(C(NC)C2CCOc3ccccc32)o1. The predicted octanol–water partition coefficient (Wildman–Crippen LogP) is 3.67. The van der Waals surface area contributed by atoms with Crippen LogP contribution < -0.4 is 10.1 Å². The highest BCUT2D eigenvalue weighted by molar-refractivity contribution is 5.39. The molecule has 3 rings (SSSR count). The third kappa shape index (κ3) is 2.34. The normalized spacial score (nSPS) is 19.2. The smallest absolute Gasteiger partial charge is 0.122 e. The molecule has 0 radical (unpaired) electrons. The molecule has 0 aliphatic carbocycles. The minimum atomic E-state index is 0.195. The molecule has 1 N–H and O–H groups in total. The molecule has 0 amide bonds. The molecular weight excluding hydrogens is 250 g/mol. The van der Waals surface area contributed by atoms with Gasteiger partial charge in [0.2, 0.25) is 0 Å². The van der Waals surface area contributed by atoms with Crippen molar-refractivity contribution in [1.29, 1.82) is 0 Å².